The van der Waals surface area contributed by atoms with Crippen LogP contribution in [0.1, 0.15) is 5.56 Å². The first-order chi connectivity index (χ1) is 8.58. The third-order valence-electron chi connectivity index (χ3n) is 2.50. The maximum Gasteiger partial charge on any atom is 0.162 e. The standard InChI is InChI=1S/C13H11BrFNO2/c14-10-6-9(4-5-11(10)15)16-7-8-2-1-3-12(17)13(8)18/h1-6,16-18H,7H2. The van der Waals surface area contributed by atoms with E-state index in [9.17, 15) is 14.6 Å². The fraction of sp³-hybridized carbons (Fsp3) is 0.0769. The first kappa shape index (κ1) is 12.7. The minimum absolute atomic E-state index is 0.147. The van der Waals surface area contributed by atoms with E-state index in [0.717, 1.165) is 0 Å². The van der Waals surface area contributed by atoms with Crippen LogP contribution in [0.2, 0.25) is 0 Å². The van der Waals surface area contributed by atoms with E-state index in [1.807, 2.05) is 0 Å². The number of anilines is 1. The second-order valence-corrected chi connectivity index (χ2v) is 4.62. The molecule has 3 nitrogen and oxygen atoms in total. The van der Waals surface area contributed by atoms with Gasteiger partial charge in [0.1, 0.15) is 5.82 Å². The minimum Gasteiger partial charge on any atom is -0.504 e. The number of phenols is 2. The molecule has 2 aromatic rings. The molecule has 94 valence electrons. The predicted octanol–water partition coefficient (Wildman–Crippen LogP) is 3.61. The molecule has 3 N–H and O–H groups in total. The number of hydrogen-bond acceptors (Lipinski definition) is 3. The van der Waals surface area contributed by atoms with Crippen LogP contribution in [0.15, 0.2) is 40.9 Å². The van der Waals surface area contributed by atoms with Gasteiger partial charge < -0.3 is 15.5 Å². The Morgan fingerprint density at radius 3 is 2.67 bits per heavy atom. The second-order valence-electron chi connectivity index (χ2n) is 3.77. The summed E-state index contributed by atoms with van der Waals surface area (Å²) in [5, 5.41) is 22.0. The summed E-state index contributed by atoms with van der Waals surface area (Å²) in [6, 6.07) is 9.30. The number of nitrogens with one attached hydrogen (secondary N) is 1. The van der Waals surface area contributed by atoms with Crippen LogP contribution in [-0.4, -0.2) is 10.2 Å². The van der Waals surface area contributed by atoms with Crippen LogP contribution in [-0.2, 0) is 6.54 Å². The summed E-state index contributed by atoms with van der Waals surface area (Å²) < 4.78 is 13.4. The molecule has 0 unspecified atom stereocenters. The van der Waals surface area contributed by atoms with Crippen molar-refractivity contribution in [2.24, 2.45) is 0 Å². The molecule has 0 spiro atoms. The zero-order valence-electron chi connectivity index (χ0n) is 9.32. The van der Waals surface area contributed by atoms with Gasteiger partial charge in [-0.05, 0) is 40.2 Å². The van der Waals surface area contributed by atoms with Gasteiger partial charge >= 0.3 is 0 Å². The van der Waals surface area contributed by atoms with Crippen molar-refractivity contribution >= 4 is 21.6 Å². The third kappa shape index (κ3) is 2.73. The SMILES string of the molecule is Oc1cccc(CNc2ccc(F)c(Br)c2)c1O. The van der Waals surface area contributed by atoms with E-state index < -0.39 is 0 Å². The Morgan fingerprint density at radius 1 is 1.17 bits per heavy atom. The van der Waals surface area contributed by atoms with Crippen molar-refractivity contribution in [2.45, 2.75) is 6.54 Å². The van der Waals surface area contributed by atoms with Crippen molar-refractivity contribution in [1.29, 1.82) is 0 Å². The molecule has 0 fully saturated rings. The van der Waals surface area contributed by atoms with Gasteiger partial charge in [0.15, 0.2) is 11.5 Å². The number of rotatable bonds is 3. The average molecular weight is 312 g/mol. The molecule has 0 aliphatic heterocycles. The zero-order chi connectivity index (χ0) is 13.1. The lowest BCUT2D eigenvalue weighted by Crippen LogP contribution is -2.00. The lowest BCUT2D eigenvalue weighted by molar-refractivity contribution is 0.400. The van der Waals surface area contributed by atoms with E-state index in [1.165, 1.54) is 12.1 Å². The quantitative estimate of drug-likeness (QED) is 0.759. The molecule has 0 amide bonds. The van der Waals surface area contributed by atoms with E-state index in [2.05, 4.69) is 21.2 Å². The normalized spacial score (nSPS) is 10.3. The first-order valence-corrected chi connectivity index (χ1v) is 6.06. The molecule has 18 heavy (non-hydrogen) atoms. The van der Waals surface area contributed by atoms with Gasteiger partial charge in [-0.15, -0.1) is 0 Å². The van der Waals surface area contributed by atoms with Gasteiger partial charge in [-0.2, -0.15) is 0 Å². The molecule has 0 heterocycles. The zero-order valence-corrected chi connectivity index (χ0v) is 10.9. The van der Waals surface area contributed by atoms with Crippen LogP contribution < -0.4 is 5.32 Å². The van der Waals surface area contributed by atoms with Crippen LogP contribution in [0, 0.1) is 5.82 Å². The number of aromatic hydroxyl groups is 2. The fourth-order valence-corrected chi connectivity index (χ4v) is 1.90. The Morgan fingerprint density at radius 2 is 1.94 bits per heavy atom. The molecule has 0 aromatic heterocycles. The highest BCUT2D eigenvalue weighted by Crippen LogP contribution is 2.29. The number of benzene rings is 2. The first-order valence-electron chi connectivity index (χ1n) is 5.26. The molecule has 0 atom stereocenters. The molecule has 2 aromatic carbocycles. The maximum absolute atomic E-state index is 13.0. The predicted molar refractivity (Wildman–Crippen MR) is 71.2 cm³/mol. The molecular weight excluding hydrogens is 301 g/mol. The van der Waals surface area contributed by atoms with Gasteiger partial charge in [-0.25, -0.2) is 4.39 Å². The van der Waals surface area contributed by atoms with Crippen molar-refractivity contribution < 1.29 is 14.6 Å². The van der Waals surface area contributed by atoms with Gasteiger partial charge in [0, 0.05) is 17.8 Å². The molecule has 0 radical (unpaired) electrons. The van der Waals surface area contributed by atoms with Crippen molar-refractivity contribution in [1.82, 2.24) is 0 Å². The summed E-state index contributed by atoms with van der Waals surface area (Å²) in [4.78, 5) is 0. The van der Waals surface area contributed by atoms with Gasteiger partial charge in [0.25, 0.3) is 0 Å². The van der Waals surface area contributed by atoms with Crippen molar-refractivity contribution in [3.05, 3.63) is 52.3 Å². The monoisotopic (exact) mass is 311 g/mol. The summed E-state index contributed by atoms with van der Waals surface area (Å²) in [6.07, 6.45) is 0. The van der Waals surface area contributed by atoms with E-state index in [-0.39, 0.29) is 17.3 Å². The Bertz CT molecular complexity index is 575. The van der Waals surface area contributed by atoms with Gasteiger partial charge in [-0.1, -0.05) is 12.1 Å². The molecule has 2 rings (SSSR count). The Balaban J connectivity index is 2.11. The third-order valence-corrected chi connectivity index (χ3v) is 3.11. The maximum atomic E-state index is 13.0. The Labute approximate surface area is 112 Å². The van der Waals surface area contributed by atoms with Crippen LogP contribution in [0.4, 0.5) is 10.1 Å². The molecule has 5 heteroatoms. The number of para-hydroxylation sites is 1. The Hall–Kier alpha value is -1.75. The lowest BCUT2D eigenvalue weighted by atomic mass is 10.2. The minimum atomic E-state index is -0.333. The van der Waals surface area contributed by atoms with Crippen molar-refractivity contribution in [2.75, 3.05) is 5.32 Å². The van der Waals surface area contributed by atoms with E-state index >= 15 is 0 Å². The van der Waals surface area contributed by atoms with Gasteiger partial charge in [0.2, 0.25) is 0 Å². The molecule has 0 aliphatic carbocycles. The lowest BCUT2D eigenvalue weighted by Gasteiger charge is -2.09. The summed E-state index contributed by atoms with van der Waals surface area (Å²) in [5.74, 6) is -0.637. The highest BCUT2D eigenvalue weighted by atomic mass is 79.9. The number of hydrogen-bond donors (Lipinski definition) is 3. The fourth-order valence-electron chi connectivity index (χ4n) is 1.52. The highest BCUT2D eigenvalue weighted by Gasteiger charge is 2.06. The molecule has 0 saturated carbocycles. The molecule has 0 bridgehead atoms. The number of phenolic OH excluding ortho intramolecular Hbond substituents is 2. The number of halogens is 2. The molecular formula is C13H11BrFNO2. The molecule has 0 saturated heterocycles. The summed E-state index contributed by atoms with van der Waals surface area (Å²) in [6.45, 7) is 0.332. The average Bonchev–Trinajstić information content (AvgIpc) is 2.35. The van der Waals surface area contributed by atoms with E-state index in [1.54, 1.807) is 24.3 Å². The van der Waals surface area contributed by atoms with Crippen LogP contribution >= 0.6 is 15.9 Å². The van der Waals surface area contributed by atoms with Crippen LogP contribution in [0.25, 0.3) is 0 Å². The topological polar surface area (TPSA) is 52.5 Å². The van der Waals surface area contributed by atoms with Gasteiger partial charge in [-0.3, -0.25) is 0 Å². The van der Waals surface area contributed by atoms with E-state index in [4.69, 9.17) is 0 Å². The summed E-state index contributed by atoms with van der Waals surface area (Å²) in [5.41, 5.74) is 1.28. The van der Waals surface area contributed by atoms with Crippen molar-refractivity contribution in [3.63, 3.8) is 0 Å². The van der Waals surface area contributed by atoms with Crippen molar-refractivity contribution in [3.8, 4) is 11.5 Å². The summed E-state index contributed by atoms with van der Waals surface area (Å²) >= 11 is 3.09. The molecule has 0 aliphatic rings. The summed E-state index contributed by atoms with van der Waals surface area (Å²) in [7, 11) is 0. The van der Waals surface area contributed by atoms with Crippen LogP contribution in [0.3, 0.4) is 0 Å². The largest absolute Gasteiger partial charge is 0.504 e. The Kier molecular flexibility index (Phi) is 3.72. The van der Waals surface area contributed by atoms with E-state index in [0.29, 0.717) is 22.3 Å². The smallest absolute Gasteiger partial charge is 0.162 e. The second kappa shape index (κ2) is 5.27. The van der Waals surface area contributed by atoms with Crippen LogP contribution in [0.5, 0.6) is 11.5 Å². The highest BCUT2D eigenvalue weighted by molar-refractivity contribution is 9.10. The van der Waals surface area contributed by atoms with Gasteiger partial charge in [0.05, 0.1) is 4.47 Å².